The zero-order valence-electron chi connectivity index (χ0n) is 16.5. The van der Waals surface area contributed by atoms with Crippen LogP contribution in [-0.4, -0.2) is 31.6 Å². The standard InChI is InChI=1S/C22H25F2N5/c1-2-26-22(27-15-17-12-16(14-25)6-7-21(17)24)28-19-8-10-29(11-9-19)20-5-3-4-18(23)13-20/h3-7,12-13,19H,2,8-11,15H2,1H3,(H2,26,27,28). The predicted molar refractivity (Wildman–Crippen MR) is 111 cm³/mol. The Hall–Kier alpha value is -3.14. The van der Waals surface area contributed by atoms with Crippen molar-refractivity contribution in [1.29, 1.82) is 5.26 Å². The molecule has 0 spiro atoms. The number of hydrogen-bond acceptors (Lipinski definition) is 3. The molecular formula is C22H25F2N5. The summed E-state index contributed by atoms with van der Waals surface area (Å²) in [6.07, 6.45) is 1.78. The molecule has 152 valence electrons. The van der Waals surface area contributed by atoms with Crippen LogP contribution in [0.5, 0.6) is 0 Å². The smallest absolute Gasteiger partial charge is 0.191 e. The van der Waals surface area contributed by atoms with Crippen LogP contribution in [0, 0.1) is 23.0 Å². The summed E-state index contributed by atoms with van der Waals surface area (Å²) in [4.78, 5) is 6.66. The van der Waals surface area contributed by atoms with Crippen molar-refractivity contribution in [3.63, 3.8) is 0 Å². The van der Waals surface area contributed by atoms with Crippen molar-refractivity contribution in [1.82, 2.24) is 10.6 Å². The summed E-state index contributed by atoms with van der Waals surface area (Å²) in [5.74, 6) is 0.0301. The van der Waals surface area contributed by atoms with Gasteiger partial charge in [0.15, 0.2) is 5.96 Å². The molecular weight excluding hydrogens is 372 g/mol. The lowest BCUT2D eigenvalue weighted by Gasteiger charge is -2.34. The Labute approximate surface area is 170 Å². The second-order valence-corrected chi connectivity index (χ2v) is 7.00. The zero-order valence-corrected chi connectivity index (χ0v) is 16.5. The Morgan fingerprint density at radius 3 is 2.69 bits per heavy atom. The molecule has 0 amide bonds. The van der Waals surface area contributed by atoms with Crippen molar-refractivity contribution >= 4 is 11.6 Å². The first-order valence-corrected chi connectivity index (χ1v) is 9.83. The van der Waals surface area contributed by atoms with Crippen LogP contribution in [0.15, 0.2) is 47.5 Å². The molecule has 1 aliphatic rings. The van der Waals surface area contributed by atoms with Gasteiger partial charge in [0.1, 0.15) is 11.6 Å². The average molecular weight is 397 g/mol. The van der Waals surface area contributed by atoms with Gasteiger partial charge in [-0.15, -0.1) is 0 Å². The van der Waals surface area contributed by atoms with Gasteiger partial charge in [-0.1, -0.05) is 6.07 Å². The van der Waals surface area contributed by atoms with Crippen molar-refractivity contribution in [2.45, 2.75) is 32.4 Å². The maximum atomic E-state index is 14.0. The molecule has 2 N–H and O–H groups in total. The highest BCUT2D eigenvalue weighted by Crippen LogP contribution is 2.20. The molecule has 1 saturated heterocycles. The van der Waals surface area contributed by atoms with Gasteiger partial charge >= 0.3 is 0 Å². The highest BCUT2D eigenvalue weighted by atomic mass is 19.1. The fraction of sp³-hybridized carbons (Fsp3) is 0.364. The molecule has 0 aliphatic carbocycles. The van der Waals surface area contributed by atoms with Crippen molar-refractivity contribution in [3.05, 3.63) is 65.2 Å². The third-order valence-corrected chi connectivity index (χ3v) is 4.94. The Kier molecular flexibility index (Phi) is 7.01. The summed E-state index contributed by atoms with van der Waals surface area (Å²) in [6, 6.07) is 13.2. The van der Waals surface area contributed by atoms with Crippen molar-refractivity contribution < 1.29 is 8.78 Å². The number of nitriles is 1. The first-order valence-electron chi connectivity index (χ1n) is 9.83. The second-order valence-electron chi connectivity index (χ2n) is 7.00. The average Bonchev–Trinajstić information content (AvgIpc) is 2.73. The summed E-state index contributed by atoms with van der Waals surface area (Å²) in [5.41, 5.74) is 1.71. The van der Waals surface area contributed by atoms with Crippen molar-refractivity contribution in [3.8, 4) is 6.07 Å². The monoisotopic (exact) mass is 397 g/mol. The number of nitrogens with one attached hydrogen (secondary N) is 2. The molecule has 3 rings (SSSR count). The van der Waals surface area contributed by atoms with E-state index >= 15 is 0 Å². The van der Waals surface area contributed by atoms with E-state index in [1.165, 1.54) is 24.3 Å². The molecule has 29 heavy (non-hydrogen) atoms. The molecule has 0 radical (unpaired) electrons. The molecule has 0 atom stereocenters. The van der Waals surface area contributed by atoms with E-state index in [9.17, 15) is 8.78 Å². The van der Waals surface area contributed by atoms with Gasteiger partial charge in [0.25, 0.3) is 0 Å². The molecule has 2 aromatic carbocycles. The van der Waals surface area contributed by atoms with Crippen LogP contribution in [0.4, 0.5) is 14.5 Å². The quantitative estimate of drug-likeness (QED) is 0.598. The lowest BCUT2D eigenvalue weighted by Crippen LogP contribution is -2.48. The molecule has 1 aliphatic heterocycles. The van der Waals surface area contributed by atoms with Crippen LogP contribution < -0.4 is 15.5 Å². The van der Waals surface area contributed by atoms with Crippen LogP contribution in [0.3, 0.4) is 0 Å². The molecule has 1 fully saturated rings. The second kappa shape index (κ2) is 9.87. The third-order valence-electron chi connectivity index (χ3n) is 4.94. The van der Waals surface area contributed by atoms with Crippen molar-refractivity contribution in [2.24, 2.45) is 4.99 Å². The fourth-order valence-corrected chi connectivity index (χ4v) is 3.40. The maximum absolute atomic E-state index is 14.0. The van der Waals surface area contributed by atoms with E-state index in [1.807, 2.05) is 19.1 Å². The van der Waals surface area contributed by atoms with Crippen LogP contribution in [0.1, 0.15) is 30.9 Å². The predicted octanol–water partition coefficient (Wildman–Crippen LogP) is 3.56. The molecule has 5 nitrogen and oxygen atoms in total. The van der Waals surface area contributed by atoms with Gasteiger partial charge in [-0.3, -0.25) is 0 Å². The summed E-state index contributed by atoms with van der Waals surface area (Å²) >= 11 is 0. The normalized spacial score (nSPS) is 15.1. The van der Waals surface area contributed by atoms with Gasteiger partial charge in [0, 0.05) is 36.9 Å². The third kappa shape index (κ3) is 5.67. The largest absolute Gasteiger partial charge is 0.371 e. The van der Waals surface area contributed by atoms with Crippen LogP contribution >= 0.6 is 0 Å². The molecule has 2 aromatic rings. The van der Waals surface area contributed by atoms with Crippen LogP contribution in [0.25, 0.3) is 0 Å². The Morgan fingerprint density at radius 2 is 2.00 bits per heavy atom. The Bertz CT molecular complexity index is 898. The number of aliphatic imine (C=N–C) groups is 1. The summed E-state index contributed by atoms with van der Waals surface area (Å²) in [7, 11) is 0. The number of halogens is 2. The first kappa shape index (κ1) is 20.6. The number of guanidine groups is 1. The number of benzene rings is 2. The molecule has 0 unspecified atom stereocenters. The topological polar surface area (TPSA) is 63.5 Å². The van der Waals surface area contributed by atoms with Gasteiger partial charge in [-0.05, 0) is 56.2 Å². The van der Waals surface area contributed by atoms with Gasteiger partial charge in [-0.2, -0.15) is 5.26 Å². The number of nitrogens with zero attached hydrogens (tertiary/aromatic N) is 3. The molecule has 0 saturated carbocycles. The number of rotatable bonds is 5. The summed E-state index contributed by atoms with van der Waals surface area (Å²) in [6.45, 7) is 4.45. The van der Waals surface area contributed by atoms with E-state index < -0.39 is 0 Å². The maximum Gasteiger partial charge on any atom is 0.191 e. The molecule has 0 aromatic heterocycles. The van der Waals surface area contributed by atoms with E-state index in [0.717, 1.165) is 31.6 Å². The van der Waals surface area contributed by atoms with Gasteiger partial charge < -0.3 is 15.5 Å². The highest BCUT2D eigenvalue weighted by Gasteiger charge is 2.20. The van der Waals surface area contributed by atoms with Gasteiger partial charge in [0.2, 0.25) is 0 Å². The van der Waals surface area contributed by atoms with E-state index in [1.54, 1.807) is 12.1 Å². The highest BCUT2D eigenvalue weighted by molar-refractivity contribution is 5.80. The minimum Gasteiger partial charge on any atom is -0.371 e. The minimum absolute atomic E-state index is 0.152. The minimum atomic E-state index is -0.369. The van der Waals surface area contributed by atoms with E-state index in [-0.39, 0.29) is 24.2 Å². The van der Waals surface area contributed by atoms with Crippen LogP contribution in [0.2, 0.25) is 0 Å². The SMILES string of the molecule is CCNC(=NCc1cc(C#N)ccc1F)NC1CCN(c2cccc(F)c2)CC1. The van der Waals surface area contributed by atoms with Gasteiger partial charge in [0.05, 0.1) is 18.2 Å². The zero-order chi connectivity index (χ0) is 20.6. The molecule has 1 heterocycles. The Morgan fingerprint density at radius 1 is 1.21 bits per heavy atom. The van der Waals surface area contributed by atoms with E-state index in [2.05, 4.69) is 20.5 Å². The number of anilines is 1. The van der Waals surface area contributed by atoms with Crippen LogP contribution in [-0.2, 0) is 6.54 Å². The fourth-order valence-electron chi connectivity index (χ4n) is 3.40. The molecule has 0 bridgehead atoms. The lowest BCUT2D eigenvalue weighted by atomic mass is 10.0. The van der Waals surface area contributed by atoms with Crippen molar-refractivity contribution in [2.75, 3.05) is 24.5 Å². The number of hydrogen-bond donors (Lipinski definition) is 2. The molecule has 7 heteroatoms. The van der Waals surface area contributed by atoms with Gasteiger partial charge in [-0.25, -0.2) is 13.8 Å². The number of piperidine rings is 1. The lowest BCUT2D eigenvalue weighted by molar-refractivity contribution is 0.461. The summed E-state index contributed by atoms with van der Waals surface area (Å²) in [5, 5.41) is 15.6. The van der Waals surface area contributed by atoms with E-state index in [0.29, 0.717) is 23.6 Å². The van der Waals surface area contributed by atoms with E-state index in [4.69, 9.17) is 5.26 Å². The summed E-state index contributed by atoms with van der Waals surface area (Å²) < 4.78 is 27.4. The first-order chi connectivity index (χ1) is 14.1. The Balaban J connectivity index is 1.60.